The maximum Gasteiger partial charge on any atom is 0.433 e. The van der Waals surface area contributed by atoms with E-state index in [2.05, 4.69) is 15.0 Å². The van der Waals surface area contributed by atoms with E-state index in [-0.39, 0.29) is 35.1 Å². The third kappa shape index (κ3) is 5.51. The second-order valence-electron chi connectivity index (χ2n) is 9.95. The van der Waals surface area contributed by atoms with E-state index < -0.39 is 17.8 Å². The lowest BCUT2D eigenvalue weighted by Gasteiger charge is -2.39. The highest BCUT2D eigenvalue weighted by atomic mass is 19.4. The van der Waals surface area contributed by atoms with Crippen LogP contribution in [0.2, 0.25) is 0 Å². The molecule has 12 heteroatoms. The molecule has 1 fully saturated rings. The fraction of sp³-hybridized carbons (Fsp3) is 0.367. The Balaban J connectivity index is 1.44. The Labute approximate surface area is 241 Å². The van der Waals surface area contributed by atoms with Gasteiger partial charge in [0.05, 0.1) is 38.3 Å². The fourth-order valence-corrected chi connectivity index (χ4v) is 5.45. The molecule has 2 aromatic heterocycles. The number of benzene rings is 2. The zero-order valence-electron chi connectivity index (χ0n) is 23.6. The number of methoxy groups -OCH3 is 1. The summed E-state index contributed by atoms with van der Waals surface area (Å²) in [5, 5.41) is 14.2. The summed E-state index contributed by atoms with van der Waals surface area (Å²) in [5.74, 6) is 0.793. The molecular formula is C30H32F3N5O4. The number of piperazine rings is 1. The van der Waals surface area contributed by atoms with E-state index >= 15 is 0 Å². The predicted octanol–water partition coefficient (Wildman–Crippen LogP) is 4.62. The van der Waals surface area contributed by atoms with Crippen molar-refractivity contribution in [3.63, 3.8) is 0 Å². The lowest BCUT2D eigenvalue weighted by molar-refractivity contribution is -0.143. The number of hydrogen-bond acceptors (Lipinski definition) is 7. The van der Waals surface area contributed by atoms with Crippen molar-refractivity contribution in [1.29, 1.82) is 0 Å². The number of hydrogen-bond donors (Lipinski definition) is 1. The van der Waals surface area contributed by atoms with Crippen LogP contribution in [0.5, 0.6) is 11.5 Å². The van der Waals surface area contributed by atoms with Gasteiger partial charge in [-0.05, 0) is 44.2 Å². The van der Waals surface area contributed by atoms with E-state index in [1.807, 2.05) is 31.2 Å². The van der Waals surface area contributed by atoms with Gasteiger partial charge in [-0.3, -0.25) is 9.69 Å². The van der Waals surface area contributed by atoms with Crippen molar-refractivity contribution >= 4 is 11.6 Å². The molecule has 1 amide bonds. The number of halogens is 3. The second-order valence-corrected chi connectivity index (χ2v) is 9.95. The van der Waals surface area contributed by atoms with Gasteiger partial charge in [0.1, 0.15) is 17.1 Å². The lowest BCUT2D eigenvalue weighted by atomic mass is 10.0. The standard InChI is InChI=1S/C30H32F3N5O4/c1-4-42-25-8-6-5-7-22(25)24(18-39)36-13-15-37(16-14-36)29(40)23-17-34-38-27(30(31,32)33)19(2)26(35-28(23)38)20-9-11-21(41-3)12-10-20/h5-12,17,24,39H,4,13-16,18H2,1-3H3/t24-/m0/s1. The molecule has 3 heterocycles. The van der Waals surface area contributed by atoms with Gasteiger partial charge in [-0.15, -0.1) is 0 Å². The molecule has 0 saturated carbocycles. The van der Waals surface area contributed by atoms with Crippen molar-refractivity contribution in [3.05, 3.63) is 77.1 Å². The number of carbonyl (C=O) groups excluding carboxylic acids is 1. The van der Waals surface area contributed by atoms with Crippen LogP contribution in [0.25, 0.3) is 16.9 Å². The highest BCUT2D eigenvalue weighted by Crippen LogP contribution is 2.37. The molecule has 5 rings (SSSR count). The summed E-state index contributed by atoms with van der Waals surface area (Å²) in [4.78, 5) is 21.8. The number of amides is 1. The SMILES string of the molecule is CCOc1ccccc1[C@H](CO)N1CCN(C(=O)c2cnn3c(C(F)(F)F)c(C)c(-c4ccc(OC)cc4)nc23)CC1. The number of rotatable bonds is 8. The Morgan fingerprint density at radius 3 is 2.38 bits per heavy atom. The molecule has 2 aromatic carbocycles. The molecule has 1 saturated heterocycles. The third-order valence-electron chi connectivity index (χ3n) is 7.54. The topological polar surface area (TPSA) is 92.4 Å². The minimum atomic E-state index is -4.73. The Morgan fingerprint density at radius 2 is 1.76 bits per heavy atom. The third-order valence-corrected chi connectivity index (χ3v) is 7.54. The average Bonchev–Trinajstić information content (AvgIpc) is 3.40. The first-order chi connectivity index (χ1) is 20.2. The molecule has 222 valence electrons. The van der Waals surface area contributed by atoms with Gasteiger partial charge in [0.2, 0.25) is 0 Å². The van der Waals surface area contributed by atoms with Crippen molar-refractivity contribution in [2.24, 2.45) is 0 Å². The number of aliphatic hydroxyl groups is 1. The molecule has 0 bridgehead atoms. The Bertz CT molecular complexity index is 1560. The molecule has 0 unspecified atom stereocenters. The Hall–Kier alpha value is -4.16. The van der Waals surface area contributed by atoms with Crippen LogP contribution in [0.1, 0.15) is 40.1 Å². The van der Waals surface area contributed by atoms with Crippen LogP contribution in [0.15, 0.2) is 54.7 Å². The van der Waals surface area contributed by atoms with Crippen LogP contribution < -0.4 is 9.47 Å². The van der Waals surface area contributed by atoms with Gasteiger partial charge in [0, 0.05) is 42.9 Å². The maximum atomic E-state index is 14.3. The lowest BCUT2D eigenvalue weighted by Crippen LogP contribution is -2.50. The minimum absolute atomic E-state index is 0.0101. The molecule has 1 aliphatic heterocycles. The average molecular weight is 584 g/mol. The molecule has 0 spiro atoms. The largest absolute Gasteiger partial charge is 0.497 e. The van der Waals surface area contributed by atoms with Gasteiger partial charge in [-0.1, -0.05) is 18.2 Å². The number of para-hydroxylation sites is 1. The van der Waals surface area contributed by atoms with Crippen molar-refractivity contribution in [2.45, 2.75) is 26.1 Å². The van der Waals surface area contributed by atoms with Crippen molar-refractivity contribution in [2.75, 3.05) is 46.5 Å². The molecule has 0 radical (unpaired) electrons. The second kappa shape index (κ2) is 12.0. The highest BCUT2D eigenvalue weighted by molar-refractivity contribution is 6.00. The Morgan fingerprint density at radius 1 is 1.07 bits per heavy atom. The van der Waals surface area contributed by atoms with Gasteiger partial charge in [-0.2, -0.15) is 18.3 Å². The van der Waals surface area contributed by atoms with Crippen LogP contribution in [0, 0.1) is 6.92 Å². The van der Waals surface area contributed by atoms with Crippen LogP contribution >= 0.6 is 0 Å². The summed E-state index contributed by atoms with van der Waals surface area (Å²) in [7, 11) is 1.50. The van der Waals surface area contributed by atoms with E-state index in [1.165, 1.54) is 14.0 Å². The molecule has 1 N–H and O–H groups in total. The summed E-state index contributed by atoms with van der Waals surface area (Å²) >= 11 is 0. The molecule has 0 aliphatic carbocycles. The molecule has 42 heavy (non-hydrogen) atoms. The van der Waals surface area contributed by atoms with Crippen LogP contribution in [0.4, 0.5) is 13.2 Å². The zero-order valence-corrected chi connectivity index (χ0v) is 23.6. The van der Waals surface area contributed by atoms with E-state index in [4.69, 9.17) is 9.47 Å². The molecule has 4 aromatic rings. The van der Waals surface area contributed by atoms with Gasteiger partial charge >= 0.3 is 6.18 Å². The number of alkyl halides is 3. The molecule has 1 aliphatic rings. The summed E-state index contributed by atoms with van der Waals surface area (Å²) < 4.78 is 54.5. The smallest absolute Gasteiger partial charge is 0.433 e. The first kappa shape index (κ1) is 29.3. The number of aromatic nitrogens is 3. The van der Waals surface area contributed by atoms with Crippen LogP contribution in [-0.4, -0.2) is 81.9 Å². The zero-order chi connectivity index (χ0) is 30.0. The van der Waals surface area contributed by atoms with E-state index in [1.54, 1.807) is 29.2 Å². The van der Waals surface area contributed by atoms with Gasteiger partial charge in [0.25, 0.3) is 5.91 Å². The van der Waals surface area contributed by atoms with Crippen molar-refractivity contribution in [3.8, 4) is 22.8 Å². The molecule has 9 nitrogen and oxygen atoms in total. The summed E-state index contributed by atoms with van der Waals surface area (Å²) in [6, 6.07) is 13.7. The number of nitrogens with zero attached hydrogens (tertiary/aromatic N) is 5. The summed E-state index contributed by atoms with van der Waals surface area (Å²) in [5.41, 5.74) is 0.162. The Kier molecular flexibility index (Phi) is 8.37. The van der Waals surface area contributed by atoms with Crippen LogP contribution in [-0.2, 0) is 6.18 Å². The first-order valence-corrected chi connectivity index (χ1v) is 13.6. The van der Waals surface area contributed by atoms with E-state index in [0.29, 0.717) is 54.4 Å². The van der Waals surface area contributed by atoms with Crippen molar-refractivity contribution < 1.29 is 32.5 Å². The predicted molar refractivity (Wildman–Crippen MR) is 150 cm³/mol. The summed E-state index contributed by atoms with van der Waals surface area (Å²) in [6.45, 7) is 5.12. The monoisotopic (exact) mass is 583 g/mol. The van der Waals surface area contributed by atoms with Crippen LogP contribution in [0.3, 0.4) is 0 Å². The normalized spacial score (nSPS) is 15.2. The molecule has 1 atom stereocenters. The highest BCUT2D eigenvalue weighted by Gasteiger charge is 2.39. The fourth-order valence-electron chi connectivity index (χ4n) is 5.45. The van der Waals surface area contributed by atoms with Gasteiger partial charge in [0.15, 0.2) is 11.3 Å². The minimum Gasteiger partial charge on any atom is -0.497 e. The van der Waals surface area contributed by atoms with Crippen molar-refractivity contribution in [1.82, 2.24) is 24.4 Å². The number of fused-ring (bicyclic) bond motifs is 1. The van der Waals surface area contributed by atoms with Gasteiger partial charge < -0.3 is 19.5 Å². The number of aliphatic hydroxyl groups excluding tert-OH is 1. The number of ether oxygens (including phenoxy) is 2. The quantitative estimate of drug-likeness (QED) is 0.324. The maximum absolute atomic E-state index is 14.3. The summed E-state index contributed by atoms with van der Waals surface area (Å²) in [6.07, 6.45) is -3.58. The van der Waals surface area contributed by atoms with Gasteiger partial charge in [-0.25, -0.2) is 9.50 Å². The van der Waals surface area contributed by atoms with E-state index in [9.17, 15) is 23.1 Å². The van der Waals surface area contributed by atoms with E-state index in [0.717, 1.165) is 11.8 Å². The number of carbonyl (C=O) groups is 1. The first-order valence-electron chi connectivity index (χ1n) is 13.6. The molecular weight excluding hydrogens is 551 g/mol.